The van der Waals surface area contributed by atoms with Crippen LogP contribution in [0, 0.1) is 0 Å². The van der Waals surface area contributed by atoms with Crippen LogP contribution in [0.5, 0.6) is 0 Å². The fourth-order valence-corrected chi connectivity index (χ4v) is 4.45. The van der Waals surface area contributed by atoms with Crippen LogP contribution >= 0.6 is 0 Å². The molecule has 128 valence electrons. The summed E-state index contributed by atoms with van der Waals surface area (Å²) in [5.74, 6) is 0.0512. The van der Waals surface area contributed by atoms with Gasteiger partial charge in [-0.3, -0.25) is 0 Å². The van der Waals surface area contributed by atoms with Gasteiger partial charge >= 0.3 is 6.03 Å². The Morgan fingerprint density at radius 2 is 2.17 bits per heavy atom. The van der Waals surface area contributed by atoms with E-state index in [2.05, 4.69) is 15.6 Å². The van der Waals surface area contributed by atoms with Crippen LogP contribution in [0.15, 0.2) is 47.9 Å². The molecule has 24 heavy (non-hydrogen) atoms. The maximum Gasteiger partial charge on any atom is 0.315 e. The lowest BCUT2D eigenvalue weighted by molar-refractivity contribution is 0.236. The summed E-state index contributed by atoms with van der Waals surface area (Å²) in [5.41, 5.74) is 0.664. The highest BCUT2D eigenvalue weighted by Gasteiger charge is 2.30. The van der Waals surface area contributed by atoms with Crippen molar-refractivity contribution in [3.8, 4) is 0 Å². The number of hydrogen-bond acceptors (Lipinski definition) is 4. The van der Waals surface area contributed by atoms with E-state index in [1.54, 1.807) is 36.8 Å². The normalized spacial score (nSPS) is 18.6. The molecule has 0 saturated carbocycles. The highest BCUT2D eigenvalue weighted by Crippen LogP contribution is 2.31. The number of aromatic nitrogens is 2. The van der Waals surface area contributed by atoms with E-state index in [0.717, 1.165) is 13.0 Å². The summed E-state index contributed by atoms with van der Waals surface area (Å²) >= 11 is 0. The van der Waals surface area contributed by atoms with Crippen LogP contribution in [-0.4, -0.2) is 36.3 Å². The van der Waals surface area contributed by atoms with Crippen LogP contribution in [0.25, 0.3) is 0 Å². The van der Waals surface area contributed by atoms with Gasteiger partial charge in [-0.2, -0.15) is 0 Å². The average molecular weight is 348 g/mol. The molecule has 1 atom stereocenters. The Balaban J connectivity index is 1.53. The number of imidazole rings is 1. The first-order valence-corrected chi connectivity index (χ1v) is 9.53. The molecule has 0 aliphatic carbocycles. The Labute approximate surface area is 141 Å². The maximum atomic E-state index is 12.1. The topological polar surface area (TPSA) is 93.1 Å². The molecular weight excluding hydrogens is 328 g/mol. The predicted octanol–water partition coefficient (Wildman–Crippen LogP) is 1.49. The summed E-state index contributed by atoms with van der Waals surface area (Å²) in [6.07, 6.45) is 6.51. The van der Waals surface area contributed by atoms with E-state index in [4.69, 9.17) is 0 Å². The molecule has 8 heteroatoms. The van der Waals surface area contributed by atoms with Gasteiger partial charge in [0.2, 0.25) is 0 Å². The minimum absolute atomic E-state index is 0.0512. The predicted molar refractivity (Wildman–Crippen MR) is 89.2 cm³/mol. The fourth-order valence-electron chi connectivity index (χ4n) is 2.83. The SMILES string of the molecule is O=C(NCCCn1ccnc1)NC1CCS(=O)(=O)c2ccccc21. The highest BCUT2D eigenvalue weighted by molar-refractivity contribution is 7.91. The van der Waals surface area contributed by atoms with Crippen LogP contribution < -0.4 is 10.6 Å². The molecule has 2 heterocycles. The molecule has 1 aromatic carbocycles. The Hall–Kier alpha value is -2.35. The minimum atomic E-state index is -3.24. The van der Waals surface area contributed by atoms with Crippen molar-refractivity contribution in [2.24, 2.45) is 0 Å². The number of fused-ring (bicyclic) bond motifs is 1. The van der Waals surface area contributed by atoms with Crippen molar-refractivity contribution in [3.63, 3.8) is 0 Å². The molecule has 1 aromatic heterocycles. The molecule has 3 rings (SSSR count). The van der Waals surface area contributed by atoms with E-state index >= 15 is 0 Å². The van der Waals surface area contributed by atoms with Crippen molar-refractivity contribution in [2.45, 2.75) is 30.3 Å². The first kappa shape index (κ1) is 16.5. The first-order chi connectivity index (χ1) is 11.6. The molecule has 1 aliphatic rings. The number of nitrogens with zero attached hydrogens (tertiary/aromatic N) is 2. The van der Waals surface area contributed by atoms with E-state index in [1.807, 2.05) is 10.8 Å². The van der Waals surface area contributed by atoms with Gasteiger partial charge in [-0.25, -0.2) is 18.2 Å². The molecule has 2 N–H and O–H groups in total. The Kier molecular flexibility index (Phi) is 4.84. The van der Waals surface area contributed by atoms with Crippen molar-refractivity contribution in [2.75, 3.05) is 12.3 Å². The molecule has 0 spiro atoms. The number of hydrogen-bond donors (Lipinski definition) is 2. The lowest BCUT2D eigenvalue weighted by atomic mass is 10.0. The van der Waals surface area contributed by atoms with Gasteiger partial charge < -0.3 is 15.2 Å². The standard InChI is InChI=1S/C16H20N4O3S/c21-16(18-7-3-9-20-10-8-17-12-20)19-14-6-11-24(22,23)15-5-2-1-4-13(14)15/h1-2,4-5,8,10,12,14H,3,6-7,9,11H2,(H2,18,19,21). The second-order valence-corrected chi connectivity index (χ2v) is 7.83. The fraction of sp³-hybridized carbons (Fsp3) is 0.375. The quantitative estimate of drug-likeness (QED) is 0.801. The van der Waals surface area contributed by atoms with Gasteiger partial charge in [0.05, 0.1) is 23.0 Å². The van der Waals surface area contributed by atoms with E-state index < -0.39 is 9.84 Å². The third kappa shape index (κ3) is 3.76. The zero-order valence-corrected chi connectivity index (χ0v) is 14.0. The van der Waals surface area contributed by atoms with Crippen molar-refractivity contribution >= 4 is 15.9 Å². The highest BCUT2D eigenvalue weighted by atomic mass is 32.2. The number of amides is 2. The van der Waals surface area contributed by atoms with Crippen molar-refractivity contribution in [1.82, 2.24) is 20.2 Å². The number of carbonyl (C=O) groups is 1. The smallest absolute Gasteiger partial charge is 0.315 e. The molecule has 7 nitrogen and oxygen atoms in total. The largest absolute Gasteiger partial charge is 0.338 e. The van der Waals surface area contributed by atoms with E-state index in [9.17, 15) is 13.2 Å². The van der Waals surface area contributed by atoms with Crippen LogP contribution in [0.4, 0.5) is 4.79 Å². The van der Waals surface area contributed by atoms with Gasteiger partial charge in [0, 0.05) is 25.5 Å². The summed E-state index contributed by atoms with van der Waals surface area (Å²) in [5, 5.41) is 5.68. The minimum Gasteiger partial charge on any atom is -0.338 e. The van der Waals surface area contributed by atoms with Gasteiger partial charge in [-0.15, -0.1) is 0 Å². The average Bonchev–Trinajstić information content (AvgIpc) is 3.08. The second-order valence-electron chi connectivity index (χ2n) is 5.75. The van der Waals surface area contributed by atoms with E-state index in [-0.39, 0.29) is 17.8 Å². The maximum absolute atomic E-state index is 12.1. The summed E-state index contributed by atoms with van der Waals surface area (Å²) in [4.78, 5) is 16.3. The van der Waals surface area contributed by atoms with Gasteiger partial charge in [0.1, 0.15) is 0 Å². The van der Waals surface area contributed by atoms with E-state index in [0.29, 0.717) is 23.4 Å². The number of carbonyl (C=O) groups excluding carboxylic acids is 1. The Bertz CT molecular complexity index is 802. The van der Waals surface area contributed by atoms with Gasteiger partial charge in [-0.05, 0) is 24.5 Å². The van der Waals surface area contributed by atoms with Gasteiger partial charge in [-0.1, -0.05) is 18.2 Å². The van der Waals surface area contributed by atoms with Gasteiger partial charge in [0.15, 0.2) is 9.84 Å². The summed E-state index contributed by atoms with van der Waals surface area (Å²) in [7, 11) is -3.24. The molecule has 2 amide bonds. The monoisotopic (exact) mass is 348 g/mol. The summed E-state index contributed by atoms with van der Waals surface area (Å²) < 4.78 is 26.1. The molecule has 1 unspecified atom stereocenters. The zero-order chi connectivity index (χ0) is 17.0. The number of nitrogens with one attached hydrogen (secondary N) is 2. The third-order valence-corrected chi connectivity index (χ3v) is 5.86. The van der Waals surface area contributed by atoms with E-state index in [1.165, 1.54) is 0 Å². The molecule has 0 radical (unpaired) electrons. The lowest BCUT2D eigenvalue weighted by Gasteiger charge is -2.26. The Morgan fingerprint density at radius 3 is 2.96 bits per heavy atom. The van der Waals surface area contributed by atoms with Crippen LogP contribution in [-0.2, 0) is 16.4 Å². The Morgan fingerprint density at radius 1 is 1.33 bits per heavy atom. The second kappa shape index (κ2) is 7.04. The van der Waals surface area contributed by atoms with Crippen molar-refractivity contribution in [1.29, 1.82) is 0 Å². The van der Waals surface area contributed by atoms with Crippen molar-refractivity contribution in [3.05, 3.63) is 48.5 Å². The molecule has 1 aliphatic heterocycles. The molecule has 0 bridgehead atoms. The lowest BCUT2D eigenvalue weighted by Crippen LogP contribution is -2.40. The van der Waals surface area contributed by atoms with Crippen LogP contribution in [0.3, 0.4) is 0 Å². The number of benzene rings is 1. The molecule has 0 saturated heterocycles. The first-order valence-electron chi connectivity index (χ1n) is 7.88. The molecule has 2 aromatic rings. The van der Waals surface area contributed by atoms with Crippen LogP contribution in [0.2, 0.25) is 0 Å². The number of aryl methyl sites for hydroxylation is 1. The summed E-state index contributed by atoms with van der Waals surface area (Å²) in [6, 6.07) is 6.29. The van der Waals surface area contributed by atoms with Crippen molar-refractivity contribution < 1.29 is 13.2 Å². The number of rotatable bonds is 5. The zero-order valence-electron chi connectivity index (χ0n) is 13.2. The molecule has 0 fully saturated rings. The van der Waals surface area contributed by atoms with Gasteiger partial charge in [0.25, 0.3) is 0 Å². The number of sulfone groups is 1. The van der Waals surface area contributed by atoms with Crippen LogP contribution in [0.1, 0.15) is 24.4 Å². The summed E-state index contributed by atoms with van der Waals surface area (Å²) in [6.45, 7) is 1.32. The third-order valence-electron chi connectivity index (χ3n) is 4.05. The number of urea groups is 1. The molecular formula is C16H20N4O3S.